The summed E-state index contributed by atoms with van der Waals surface area (Å²) in [5.74, 6) is -0.550. The Kier molecular flexibility index (Phi) is 4.77. The van der Waals surface area contributed by atoms with Gasteiger partial charge in [0.1, 0.15) is 0 Å². The second kappa shape index (κ2) is 7.24. The number of H-pyrrole nitrogens is 1. The molecule has 1 N–H and O–H groups in total. The van der Waals surface area contributed by atoms with Crippen LogP contribution >= 0.6 is 15.9 Å². The summed E-state index contributed by atoms with van der Waals surface area (Å²) in [5.41, 5.74) is 4.30. The molecule has 0 radical (unpaired) electrons. The Balaban J connectivity index is 1.77. The number of amides is 1. The second-order valence-corrected chi connectivity index (χ2v) is 7.42. The number of aromatic nitrogens is 2. The Morgan fingerprint density at radius 1 is 1.18 bits per heavy atom. The number of carbonyl (C=O) groups excluding carboxylic acids is 2. The Labute approximate surface area is 170 Å². The van der Waals surface area contributed by atoms with E-state index in [1.807, 2.05) is 31.2 Å². The summed E-state index contributed by atoms with van der Waals surface area (Å²) in [4.78, 5) is 26.8. The normalized spacial score (nSPS) is 15.6. The topological polar surface area (TPSA) is 75.3 Å². The minimum absolute atomic E-state index is 0.170. The maximum Gasteiger partial charge on any atom is 0.338 e. The van der Waals surface area contributed by atoms with Gasteiger partial charge >= 0.3 is 5.97 Å². The number of aromatic amines is 1. The number of anilines is 1. The van der Waals surface area contributed by atoms with E-state index < -0.39 is 0 Å². The van der Waals surface area contributed by atoms with Crippen molar-refractivity contribution in [1.29, 1.82) is 0 Å². The summed E-state index contributed by atoms with van der Waals surface area (Å²) in [7, 11) is 0. The Hall–Kier alpha value is -2.93. The fourth-order valence-corrected chi connectivity index (χ4v) is 3.76. The van der Waals surface area contributed by atoms with E-state index in [0.717, 1.165) is 21.3 Å². The number of aryl methyl sites for hydroxylation is 1. The molecule has 2 heterocycles. The molecule has 0 unspecified atom stereocenters. The van der Waals surface area contributed by atoms with Crippen LogP contribution in [0.3, 0.4) is 0 Å². The number of ether oxygens (including phenoxy) is 1. The highest BCUT2D eigenvalue weighted by Gasteiger charge is 2.42. The van der Waals surface area contributed by atoms with Gasteiger partial charge in [0.2, 0.25) is 0 Å². The third-order valence-electron chi connectivity index (χ3n) is 4.79. The minimum atomic E-state index is -0.379. The van der Waals surface area contributed by atoms with Gasteiger partial charge in [-0.05, 0) is 55.8 Å². The molecular formula is C21H18BrN3O3. The van der Waals surface area contributed by atoms with Crippen LogP contribution in [-0.2, 0) is 4.74 Å². The number of hydrogen-bond acceptors (Lipinski definition) is 4. The molecule has 1 aromatic heterocycles. The molecule has 0 bridgehead atoms. The molecule has 6 nitrogen and oxygen atoms in total. The van der Waals surface area contributed by atoms with E-state index in [4.69, 9.17) is 4.74 Å². The van der Waals surface area contributed by atoms with Crippen molar-refractivity contribution in [2.75, 3.05) is 11.5 Å². The zero-order valence-electron chi connectivity index (χ0n) is 15.4. The number of benzene rings is 2. The van der Waals surface area contributed by atoms with Gasteiger partial charge in [-0.25, -0.2) is 4.79 Å². The highest BCUT2D eigenvalue weighted by molar-refractivity contribution is 9.10. The van der Waals surface area contributed by atoms with Gasteiger partial charge in [0, 0.05) is 21.4 Å². The molecule has 28 heavy (non-hydrogen) atoms. The fraction of sp³-hybridized carbons (Fsp3) is 0.190. The van der Waals surface area contributed by atoms with Crippen molar-refractivity contribution < 1.29 is 14.3 Å². The lowest BCUT2D eigenvalue weighted by Crippen LogP contribution is -2.29. The number of esters is 1. The molecule has 1 atom stereocenters. The lowest BCUT2D eigenvalue weighted by Gasteiger charge is -2.26. The summed E-state index contributed by atoms with van der Waals surface area (Å²) < 4.78 is 6.00. The first-order valence-electron chi connectivity index (χ1n) is 8.92. The number of halogens is 1. The van der Waals surface area contributed by atoms with Crippen LogP contribution < -0.4 is 4.90 Å². The molecule has 4 rings (SSSR count). The van der Waals surface area contributed by atoms with E-state index >= 15 is 0 Å². The Bertz CT molecular complexity index is 1040. The Morgan fingerprint density at radius 3 is 2.50 bits per heavy atom. The van der Waals surface area contributed by atoms with Crippen LogP contribution in [0.5, 0.6) is 0 Å². The van der Waals surface area contributed by atoms with Gasteiger partial charge in [-0.15, -0.1) is 0 Å². The average Bonchev–Trinajstić information content (AvgIpc) is 3.21. The molecule has 1 aliphatic rings. The van der Waals surface area contributed by atoms with Crippen LogP contribution in [-0.4, -0.2) is 28.7 Å². The molecule has 7 heteroatoms. The first kappa shape index (κ1) is 18.4. The first-order valence-corrected chi connectivity index (χ1v) is 9.71. The van der Waals surface area contributed by atoms with E-state index in [0.29, 0.717) is 23.6 Å². The highest BCUT2D eigenvalue weighted by atomic mass is 79.9. The number of rotatable bonds is 4. The standard InChI is InChI=1S/C21H18BrN3O3/c1-3-28-21(27)14-6-10-16(11-7-14)25-19(13-4-8-15(22)9-5-13)17-12(2)23-24-18(17)20(25)26/h4-11,19H,3H2,1-2H3,(H,23,24)/t19-/m1/s1. The second-order valence-electron chi connectivity index (χ2n) is 6.51. The van der Waals surface area contributed by atoms with Gasteiger partial charge in [-0.1, -0.05) is 28.1 Å². The van der Waals surface area contributed by atoms with Crippen molar-refractivity contribution >= 4 is 33.5 Å². The van der Waals surface area contributed by atoms with Gasteiger partial charge in [-0.2, -0.15) is 5.10 Å². The van der Waals surface area contributed by atoms with Gasteiger partial charge in [-0.3, -0.25) is 14.8 Å². The van der Waals surface area contributed by atoms with Crippen LogP contribution in [0.25, 0.3) is 0 Å². The third-order valence-corrected chi connectivity index (χ3v) is 5.32. The quantitative estimate of drug-likeness (QED) is 0.610. The van der Waals surface area contributed by atoms with Crippen molar-refractivity contribution in [2.24, 2.45) is 0 Å². The number of fused-ring (bicyclic) bond motifs is 1. The van der Waals surface area contributed by atoms with Crippen LogP contribution in [0.1, 0.15) is 50.6 Å². The summed E-state index contributed by atoms with van der Waals surface area (Å²) in [6, 6.07) is 14.5. The van der Waals surface area contributed by atoms with Crippen molar-refractivity contribution in [3.63, 3.8) is 0 Å². The number of hydrogen-bond donors (Lipinski definition) is 1. The molecule has 0 saturated heterocycles. The predicted octanol–water partition coefficient (Wildman–Crippen LogP) is 4.41. The maximum absolute atomic E-state index is 13.1. The predicted molar refractivity (Wildman–Crippen MR) is 109 cm³/mol. The van der Waals surface area contributed by atoms with Crippen LogP contribution in [0, 0.1) is 6.92 Å². The smallest absolute Gasteiger partial charge is 0.338 e. The van der Waals surface area contributed by atoms with Crippen LogP contribution in [0.2, 0.25) is 0 Å². The van der Waals surface area contributed by atoms with Gasteiger partial charge in [0.15, 0.2) is 5.69 Å². The number of nitrogens with zero attached hydrogens (tertiary/aromatic N) is 2. The van der Waals surface area contributed by atoms with Gasteiger partial charge in [0.05, 0.1) is 18.2 Å². The van der Waals surface area contributed by atoms with E-state index in [-0.39, 0.29) is 17.9 Å². The molecule has 0 spiro atoms. The summed E-state index contributed by atoms with van der Waals surface area (Å²) >= 11 is 3.46. The van der Waals surface area contributed by atoms with E-state index in [2.05, 4.69) is 26.1 Å². The lowest BCUT2D eigenvalue weighted by atomic mass is 9.99. The van der Waals surface area contributed by atoms with Crippen molar-refractivity contribution in [2.45, 2.75) is 19.9 Å². The molecule has 3 aromatic rings. The van der Waals surface area contributed by atoms with Crippen molar-refractivity contribution in [1.82, 2.24) is 10.2 Å². The SMILES string of the molecule is CCOC(=O)c1ccc(N2C(=O)c3n[nH]c(C)c3[C@H]2c2ccc(Br)cc2)cc1. The van der Waals surface area contributed by atoms with Crippen LogP contribution in [0.4, 0.5) is 5.69 Å². The molecule has 1 amide bonds. The molecule has 1 aliphatic heterocycles. The maximum atomic E-state index is 13.1. The minimum Gasteiger partial charge on any atom is -0.462 e. The average molecular weight is 440 g/mol. The molecule has 0 aliphatic carbocycles. The zero-order chi connectivity index (χ0) is 19.8. The highest BCUT2D eigenvalue weighted by Crippen LogP contribution is 2.42. The molecule has 142 valence electrons. The fourth-order valence-electron chi connectivity index (χ4n) is 3.50. The number of nitrogens with one attached hydrogen (secondary N) is 1. The van der Waals surface area contributed by atoms with Crippen molar-refractivity contribution in [3.8, 4) is 0 Å². The summed E-state index contributed by atoms with van der Waals surface area (Å²) in [6.07, 6.45) is 0. The zero-order valence-corrected chi connectivity index (χ0v) is 17.0. The van der Waals surface area contributed by atoms with Gasteiger partial charge in [0.25, 0.3) is 5.91 Å². The monoisotopic (exact) mass is 439 g/mol. The van der Waals surface area contributed by atoms with E-state index in [1.165, 1.54) is 0 Å². The molecular weight excluding hydrogens is 422 g/mol. The first-order chi connectivity index (χ1) is 13.5. The number of carbonyl (C=O) groups is 2. The largest absolute Gasteiger partial charge is 0.462 e. The van der Waals surface area contributed by atoms with Gasteiger partial charge < -0.3 is 4.74 Å². The lowest BCUT2D eigenvalue weighted by molar-refractivity contribution is 0.0526. The van der Waals surface area contributed by atoms with E-state index in [9.17, 15) is 9.59 Å². The third kappa shape index (κ3) is 3.01. The molecule has 0 fully saturated rings. The summed E-state index contributed by atoms with van der Waals surface area (Å²) in [5, 5.41) is 7.14. The summed E-state index contributed by atoms with van der Waals surface area (Å²) in [6.45, 7) is 4.00. The van der Waals surface area contributed by atoms with Crippen molar-refractivity contribution in [3.05, 3.63) is 81.1 Å². The molecule has 0 saturated carbocycles. The Morgan fingerprint density at radius 2 is 1.86 bits per heavy atom. The van der Waals surface area contributed by atoms with Crippen LogP contribution in [0.15, 0.2) is 53.0 Å². The molecule has 2 aromatic carbocycles. The van der Waals surface area contributed by atoms with E-state index in [1.54, 1.807) is 36.1 Å².